The van der Waals surface area contributed by atoms with Gasteiger partial charge in [0, 0.05) is 29.1 Å². The van der Waals surface area contributed by atoms with Gasteiger partial charge in [-0.1, -0.05) is 28.1 Å². The van der Waals surface area contributed by atoms with E-state index < -0.39 is 0 Å². The number of hydrogen-bond donors (Lipinski definition) is 1. The maximum Gasteiger partial charge on any atom is 0.0468 e. The Labute approximate surface area is 137 Å². The van der Waals surface area contributed by atoms with Crippen LogP contribution in [0.25, 0.3) is 0 Å². The van der Waals surface area contributed by atoms with E-state index in [2.05, 4.69) is 72.0 Å². The van der Waals surface area contributed by atoms with Gasteiger partial charge in [0.1, 0.15) is 0 Å². The molecule has 2 N–H and O–H groups in total. The molecule has 0 spiro atoms. The molecule has 2 rings (SSSR count). The fourth-order valence-corrected chi connectivity index (χ4v) is 3.60. The van der Waals surface area contributed by atoms with Crippen molar-refractivity contribution in [1.29, 1.82) is 0 Å². The normalized spacial score (nSPS) is 18.9. The summed E-state index contributed by atoms with van der Waals surface area (Å²) < 4.78 is 1.16. The van der Waals surface area contributed by atoms with E-state index >= 15 is 0 Å². The number of likely N-dealkylation sites (N-methyl/N-ethyl adjacent to an activating group) is 2. The maximum absolute atomic E-state index is 6.08. The summed E-state index contributed by atoms with van der Waals surface area (Å²) in [5.41, 5.74) is 9.00. The molecule has 0 aromatic heterocycles. The lowest BCUT2D eigenvalue weighted by atomic mass is 9.75. The molecule has 1 atom stereocenters. The highest BCUT2D eigenvalue weighted by Gasteiger charge is 2.40. The minimum absolute atomic E-state index is 0.286. The first-order chi connectivity index (χ1) is 9.89. The van der Waals surface area contributed by atoms with Gasteiger partial charge in [0.25, 0.3) is 0 Å². The minimum atomic E-state index is 0.286. The zero-order valence-electron chi connectivity index (χ0n) is 13.7. The molecule has 0 saturated heterocycles. The summed E-state index contributed by atoms with van der Waals surface area (Å²) in [6.07, 6.45) is 3.93. The quantitative estimate of drug-likeness (QED) is 0.852. The van der Waals surface area contributed by atoms with Crippen LogP contribution in [-0.4, -0.2) is 49.6 Å². The summed E-state index contributed by atoms with van der Waals surface area (Å²) >= 11 is 3.57. The molecule has 1 aliphatic carbocycles. The van der Waals surface area contributed by atoms with Crippen LogP contribution >= 0.6 is 15.9 Å². The van der Waals surface area contributed by atoms with Gasteiger partial charge in [0.2, 0.25) is 0 Å². The highest BCUT2D eigenvalue weighted by Crippen LogP contribution is 2.38. The van der Waals surface area contributed by atoms with Gasteiger partial charge in [-0.3, -0.25) is 4.90 Å². The highest BCUT2D eigenvalue weighted by atomic mass is 79.9. The van der Waals surface area contributed by atoms with E-state index in [4.69, 9.17) is 5.73 Å². The summed E-state index contributed by atoms with van der Waals surface area (Å²) in [4.78, 5) is 4.83. The van der Waals surface area contributed by atoms with Crippen molar-refractivity contribution >= 4 is 15.9 Å². The van der Waals surface area contributed by atoms with E-state index in [1.54, 1.807) is 0 Å². The van der Waals surface area contributed by atoms with Gasteiger partial charge in [-0.2, -0.15) is 0 Å². The van der Waals surface area contributed by atoms with Crippen LogP contribution < -0.4 is 5.73 Å². The van der Waals surface area contributed by atoms with Crippen LogP contribution in [0.2, 0.25) is 0 Å². The standard InChI is InChI=1S/C17H28BrN3/c1-13-10-14(6-7-15(13)18)16(11-19)21(4)12-17(20(2)3)8-5-9-17/h6-7,10,16H,5,8-9,11-12,19H2,1-4H3. The van der Waals surface area contributed by atoms with Gasteiger partial charge in [-0.05, 0) is 64.5 Å². The molecule has 0 amide bonds. The topological polar surface area (TPSA) is 32.5 Å². The number of aryl methyl sites for hydroxylation is 1. The van der Waals surface area contributed by atoms with Crippen LogP contribution in [0.1, 0.15) is 36.4 Å². The molecule has 1 saturated carbocycles. The van der Waals surface area contributed by atoms with Crippen molar-refractivity contribution in [2.45, 2.75) is 37.8 Å². The van der Waals surface area contributed by atoms with Crippen LogP contribution in [0, 0.1) is 6.92 Å². The van der Waals surface area contributed by atoms with Gasteiger partial charge >= 0.3 is 0 Å². The van der Waals surface area contributed by atoms with Crippen molar-refractivity contribution in [3.8, 4) is 0 Å². The molecule has 0 aliphatic heterocycles. The van der Waals surface area contributed by atoms with Gasteiger partial charge in [-0.25, -0.2) is 0 Å². The third-order valence-corrected chi connectivity index (χ3v) is 5.99. The zero-order chi connectivity index (χ0) is 15.6. The fourth-order valence-electron chi connectivity index (χ4n) is 3.35. The SMILES string of the molecule is Cc1cc(C(CN)N(C)CC2(N(C)C)CCC2)ccc1Br. The molecule has 4 heteroatoms. The molecule has 0 bridgehead atoms. The molecule has 3 nitrogen and oxygen atoms in total. The molecule has 0 radical (unpaired) electrons. The lowest BCUT2D eigenvalue weighted by Crippen LogP contribution is -2.57. The van der Waals surface area contributed by atoms with Crippen molar-refractivity contribution in [3.63, 3.8) is 0 Å². The second-order valence-corrected chi connectivity index (χ2v) is 7.50. The molecule has 21 heavy (non-hydrogen) atoms. The first-order valence-corrected chi connectivity index (χ1v) is 8.53. The Hall–Kier alpha value is -0.420. The number of nitrogens with zero attached hydrogens (tertiary/aromatic N) is 2. The second-order valence-electron chi connectivity index (χ2n) is 6.65. The Balaban J connectivity index is 2.14. The average Bonchev–Trinajstić information content (AvgIpc) is 2.38. The summed E-state index contributed by atoms with van der Waals surface area (Å²) in [5.74, 6) is 0. The van der Waals surface area contributed by atoms with Gasteiger partial charge in [0.15, 0.2) is 0 Å². The zero-order valence-corrected chi connectivity index (χ0v) is 15.3. The van der Waals surface area contributed by atoms with Crippen molar-refractivity contribution < 1.29 is 0 Å². The largest absolute Gasteiger partial charge is 0.329 e. The van der Waals surface area contributed by atoms with Crippen molar-refractivity contribution in [3.05, 3.63) is 33.8 Å². The number of nitrogens with two attached hydrogens (primary N) is 1. The third kappa shape index (κ3) is 3.50. The average molecular weight is 354 g/mol. The molecule has 0 heterocycles. The Morgan fingerprint density at radius 1 is 1.29 bits per heavy atom. The number of halogens is 1. The smallest absolute Gasteiger partial charge is 0.0468 e. The lowest BCUT2D eigenvalue weighted by Gasteiger charge is -2.50. The van der Waals surface area contributed by atoms with Crippen LogP contribution in [0.3, 0.4) is 0 Å². The molecule has 118 valence electrons. The van der Waals surface area contributed by atoms with Gasteiger partial charge in [0.05, 0.1) is 0 Å². The predicted octanol–water partition coefficient (Wildman–Crippen LogP) is 3.17. The summed E-state index contributed by atoms with van der Waals surface area (Å²) in [5, 5.41) is 0. The van der Waals surface area contributed by atoms with Crippen molar-refractivity contribution in [2.75, 3.05) is 34.2 Å². The molecular weight excluding hydrogens is 326 g/mol. The van der Waals surface area contributed by atoms with E-state index in [-0.39, 0.29) is 6.04 Å². The maximum atomic E-state index is 6.08. The first kappa shape index (κ1) is 16.9. The summed E-state index contributed by atoms with van der Waals surface area (Å²) in [6.45, 7) is 3.87. The van der Waals surface area contributed by atoms with Crippen LogP contribution in [0.5, 0.6) is 0 Å². The first-order valence-electron chi connectivity index (χ1n) is 7.73. The Bertz CT molecular complexity index is 483. The Morgan fingerprint density at radius 3 is 2.38 bits per heavy atom. The predicted molar refractivity (Wildman–Crippen MR) is 93.6 cm³/mol. The molecule has 1 aromatic rings. The third-order valence-electron chi connectivity index (χ3n) is 5.10. The number of rotatable bonds is 6. The second kappa shape index (κ2) is 6.78. The number of hydrogen-bond acceptors (Lipinski definition) is 3. The van der Waals surface area contributed by atoms with Crippen molar-refractivity contribution in [2.24, 2.45) is 5.73 Å². The summed E-state index contributed by atoms with van der Waals surface area (Å²) in [6, 6.07) is 6.86. The Kier molecular flexibility index (Phi) is 5.47. The molecule has 1 unspecified atom stereocenters. The van der Waals surface area contributed by atoms with Crippen LogP contribution in [-0.2, 0) is 0 Å². The monoisotopic (exact) mass is 353 g/mol. The van der Waals surface area contributed by atoms with Crippen molar-refractivity contribution in [1.82, 2.24) is 9.80 Å². The minimum Gasteiger partial charge on any atom is -0.329 e. The molecular formula is C17H28BrN3. The van der Waals surface area contributed by atoms with E-state index in [0.717, 1.165) is 11.0 Å². The Morgan fingerprint density at radius 2 is 1.95 bits per heavy atom. The molecule has 1 fully saturated rings. The molecule has 1 aliphatic rings. The van der Waals surface area contributed by atoms with E-state index in [1.807, 2.05) is 0 Å². The molecule has 1 aromatic carbocycles. The van der Waals surface area contributed by atoms with Crippen LogP contribution in [0.4, 0.5) is 0 Å². The van der Waals surface area contributed by atoms with Gasteiger partial charge in [-0.15, -0.1) is 0 Å². The van der Waals surface area contributed by atoms with Gasteiger partial charge < -0.3 is 10.6 Å². The highest BCUT2D eigenvalue weighted by molar-refractivity contribution is 9.10. The van der Waals surface area contributed by atoms with E-state index in [1.165, 1.54) is 30.4 Å². The van der Waals surface area contributed by atoms with E-state index in [9.17, 15) is 0 Å². The lowest BCUT2D eigenvalue weighted by molar-refractivity contribution is 0.0168. The fraction of sp³-hybridized carbons (Fsp3) is 0.647. The van der Waals surface area contributed by atoms with E-state index in [0.29, 0.717) is 12.1 Å². The number of benzene rings is 1. The summed E-state index contributed by atoms with van der Waals surface area (Å²) in [7, 11) is 6.61. The van der Waals surface area contributed by atoms with Crippen LogP contribution in [0.15, 0.2) is 22.7 Å².